The number of alkyl halides is 3. The maximum Gasteiger partial charge on any atom is 0.449 e. The number of fused-ring (bicyclic) bond motifs is 1. The largest absolute Gasteiger partial charge is 0.449 e. The van der Waals surface area contributed by atoms with Gasteiger partial charge in [0.05, 0.1) is 12.2 Å². The highest BCUT2D eigenvalue weighted by Gasteiger charge is 2.41. The van der Waals surface area contributed by atoms with Crippen molar-refractivity contribution in [2.45, 2.75) is 57.0 Å². The maximum absolute atomic E-state index is 14.1. The average molecular weight is 697 g/mol. The monoisotopic (exact) mass is 696 g/mol. The van der Waals surface area contributed by atoms with Gasteiger partial charge in [0.2, 0.25) is 11.7 Å². The molecule has 1 saturated heterocycles. The van der Waals surface area contributed by atoms with E-state index in [1.165, 1.54) is 17.2 Å². The summed E-state index contributed by atoms with van der Waals surface area (Å²) in [4.78, 5) is 59.7. The van der Waals surface area contributed by atoms with Gasteiger partial charge in [-0.1, -0.05) is 0 Å². The highest BCUT2D eigenvalue weighted by molar-refractivity contribution is 5.94. The number of piperidine rings is 1. The first-order chi connectivity index (χ1) is 23.2. The minimum atomic E-state index is -4.87. The van der Waals surface area contributed by atoms with Gasteiger partial charge >= 0.3 is 6.18 Å². The van der Waals surface area contributed by atoms with Crippen LogP contribution in [0.1, 0.15) is 57.2 Å². The Balaban J connectivity index is 1.15. The highest BCUT2D eigenvalue weighted by atomic mass is 19.4. The molecular weight excluding hydrogens is 662 g/mol. The molecule has 1 atom stereocenters. The molecule has 5 rings (SSSR count). The number of rotatable bonds is 10. The third-order valence-electron chi connectivity index (χ3n) is 8.54. The Labute approximate surface area is 275 Å². The van der Waals surface area contributed by atoms with E-state index in [2.05, 4.69) is 20.6 Å². The molecule has 0 spiro atoms. The van der Waals surface area contributed by atoms with Crippen LogP contribution in [0.15, 0.2) is 35.3 Å². The number of halogens is 6. The molecule has 49 heavy (non-hydrogen) atoms. The van der Waals surface area contributed by atoms with Crippen LogP contribution < -0.4 is 21.9 Å². The zero-order valence-corrected chi connectivity index (χ0v) is 26.1. The molecule has 2 aliphatic heterocycles. The number of carbonyl (C=O) groups is 3. The van der Waals surface area contributed by atoms with E-state index < -0.39 is 64.5 Å². The molecule has 2 aromatic heterocycles. The summed E-state index contributed by atoms with van der Waals surface area (Å²) in [5, 5.41) is 5.44. The van der Waals surface area contributed by atoms with Crippen molar-refractivity contribution in [3.8, 4) is 0 Å². The number of likely N-dealkylation sites (tertiary alicyclic amines) is 1. The van der Waals surface area contributed by atoms with Crippen LogP contribution in [0.25, 0.3) is 0 Å². The van der Waals surface area contributed by atoms with Crippen molar-refractivity contribution < 1.29 is 40.7 Å². The van der Waals surface area contributed by atoms with E-state index in [-0.39, 0.29) is 61.9 Å². The van der Waals surface area contributed by atoms with Gasteiger partial charge in [-0.2, -0.15) is 13.2 Å². The fourth-order valence-electron chi connectivity index (χ4n) is 5.98. The van der Waals surface area contributed by atoms with E-state index in [1.807, 2.05) is 4.90 Å². The van der Waals surface area contributed by atoms with Gasteiger partial charge in [0.1, 0.15) is 11.4 Å². The second-order valence-corrected chi connectivity index (χ2v) is 12.0. The topological polar surface area (TPSA) is 158 Å². The lowest BCUT2D eigenvalue weighted by molar-refractivity contribution is -0.148. The Morgan fingerprint density at radius 2 is 1.73 bits per heavy atom. The molecular formula is C31H34F6N8O4. The first-order valence-corrected chi connectivity index (χ1v) is 15.5. The standard InChI is InChI=1S/C31H34F6N8O4/c32-21-15-23(34)22(33)13-17(21)12-18(38)14-25(46)44-10-11-45-24(16-44)26(42-30(45)31(35,36)37)29(49)40-6-9-43-7-3-19(4-8-43)41-28(48)20-2-1-5-39-27(20)47/h1-2,5,13,15,18-19H,3-4,6-12,14,16,38H2,(H,39,47)(H,40,49)(H,41,48)/t18-/m1/s1. The molecule has 5 N–H and O–H groups in total. The third kappa shape index (κ3) is 8.48. The summed E-state index contributed by atoms with van der Waals surface area (Å²) in [6, 6.07) is 2.83. The number of benzene rings is 1. The fourth-order valence-corrected chi connectivity index (χ4v) is 5.98. The first kappa shape index (κ1) is 35.6. The Morgan fingerprint density at radius 1 is 1.02 bits per heavy atom. The number of pyridine rings is 1. The number of nitrogens with two attached hydrogens (primary N) is 1. The predicted octanol–water partition coefficient (Wildman–Crippen LogP) is 1.93. The van der Waals surface area contributed by atoms with Crippen molar-refractivity contribution in [1.82, 2.24) is 35.0 Å². The fraction of sp³-hybridized carbons (Fsp3) is 0.452. The van der Waals surface area contributed by atoms with Crippen LogP contribution in [0.3, 0.4) is 0 Å². The minimum absolute atomic E-state index is 0.00946. The summed E-state index contributed by atoms with van der Waals surface area (Å²) < 4.78 is 83.3. The number of imidazole rings is 1. The predicted molar refractivity (Wildman–Crippen MR) is 162 cm³/mol. The lowest BCUT2D eigenvalue weighted by Gasteiger charge is -2.32. The summed E-state index contributed by atoms with van der Waals surface area (Å²) >= 11 is 0. The molecule has 18 heteroatoms. The van der Waals surface area contributed by atoms with Crippen molar-refractivity contribution in [2.75, 3.05) is 32.7 Å². The number of nitrogens with one attached hydrogen (secondary N) is 3. The van der Waals surface area contributed by atoms with Crippen molar-refractivity contribution >= 4 is 17.7 Å². The molecule has 12 nitrogen and oxygen atoms in total. The van der Waals surface area contributed by atoms with Crippen LogP contribution in [0.5, 0.6) is 0 Å². The van der Waals surface area contributed by atoms with Crippen molar-refractivity contribution in [3.63, 3.8) is 0 Å². The summed E-state index contributed by atoms with van der Waals surface area (Å²) in [6.07, 6.45) is -2.95. The molecule has 3 amide bonds. The molecule has 4 heterocycles. The number of nitrogens with zero attached hydrogens (tertiary/aromatic N) is 4. The smallest absolute Gasteiger partial charge is 0.349 e. The van der Waals surface area contributed by atoms with E-state index in [0.717, 1.165) is 4.57 Å². The molecule has 264 valence electrons. The van der Waals surface area contributed by atoms with E-state index in [4.69, 9.17) is 5.73 Å². The first-order valence-electron chi connectivity index (χ1n) is 15.5. The van der Waals surface area contributed by atoms with Crippen molar-refractivity contribution in [2.24, 2.45) is 5.73 Å². The normalized spacial score (nSPS) is 16.3. The number of aromatic amines is 1. The van der Waals surface area contributed by atoms with E-state index >= 15 is 0 Å². The molecule has 3 aromatic rings. The highest BCUT2D eigenvalue weighted by Crippen LogP contribution is 2.32. The van der Waals surface area contributed by atoms with Gasteiger partial charge in [-0.15, -0.1) is 0 Å². The van der Waals surface area contributed by atoms with Crippen LogP contribution >= 0.6 is 0 Å². The lowest BCUT2D eigenvalue weighted by atomic mass is 10.0. The van der Waals surface area contributed by atoms with Gasteiger partial charge in [-0.25, -0.2) is 18.2 Å². The molecule has 1 aromatic carbocycles. The second-order valence-electron chi connectivity index (χ2n) is 12.0. The molecule has 0 radical (unpaired) electrons. The van der Waals surface area contributed by atoms with E-state index in [9.17, 15) is 45.5 Å². The number of aromatic nitrogens is 3. The SMILES string of the molecule is N[C@@H](CC(=O)N1CCn2c(C(F)(F)F)nc(C(=O)NCCN3CCC(NC(=O)c4ccc[nH]c4=O)CC3)c2C1)Cc1cc(F)c(F)cc1F. The van der Waals surface area contributed by atoms with Crippen LogP contribution in [-0.4, -0.2) is 86.9 Å². The van der Waals surface area contributed by atoms with Crippen LogP contribution in [0, 0.1) is 17.5 Å². The average Bonchev–Trinajstić information content (AvgIpc) is 3.44. The zero-order valence-electron chi connectivity index (χ0n) is 26.1. The van der Waals surface area contributed by atoms with Crippen LogP contribution in [0.4, 0.5) is 26.3 Å². The number of hydrogen-bond donors (Lipinski definition) is 4. The van der Waals surface area contributed by atoms with Gasteiger partial charge in [0.25, 0.3) is 17.4 Å². The quantitative estimate of drug-likeness (QED) is 0.186. The number of amides is 3. The van der Waals surface area contributed by atoms with Crippen LogP contribution in [-0.2, 0) is 30.5 Å². The molecule has 0 saturated carbocycles. The van der Waals surface area contributed by atoms with E-state index in [0.29, 0.717) is 44.6 Å². The summed E-state index contributed by atoms with van der Waals surface area (Å²) in [5.41, 5.74) is 4.68. The Morgan fingerprint density at radius 3 is 2.43 bits per heavy atom. The van der Waals surface area contributed by atoms with Crippen molar-refractivity contribution in [1.29, 1.82) is 0 Å². The molecule has 2 aliphatic rings. The minimum Gasteiger partial charge on any atom is -0.349 e. The molecule has 0 aliphatic carbocycles. The Kier molecular flexibility index (Phi) is 10.8. The molecule has 0 bridgehead atoms. The Bertz CT molecular complexity index is 1770. The van der Waals surface area contributed by atoms with Crippen LogP contribution in [0.2, 0.25) is 0 Å². The number of hydrogen-bond acceptors (Lipinski definition) is 7. The number of H-pyrrole nitrogens is 1. The summed E-state index contributed by atoms with van der Waals surface area (Å²) in [7, 11) is 0. The van der Waals surface area contributed by atoms with Gasteiger partial charge in [0, 0.05) is 70.0 Å². The third-order valence-corrected chi connectivity index (χ3v) is 8.54. The molecule has 0 unspecified atom stereocenters. The van der Waals surface area contributed by atoms with E-state index in [1.54, 1.807) is 6.07 Å². The maximum atomic E-state index is 14.1. The summed E-state index contributed by atoms with van der Waals surface area (Å²) in [5.74, 6) is -6.87. The zero-order chi connectivity index (χ0) is 35.5. The number of carbonyl (C=O) groups excluding carboxylic acids is 3. The van der Waals surface area contributed by atoms with Crippen molar-refractivity contribution in [3.05, 3.63) is 86.6 Å². The Hall–Kier alpha value is -4.71. The lowest BCUT2D eigenvalue weighted by Crippen LogP contribution is -2.47. The van der Waals surface area contributed by atoms with Gasteiger partial charge < -0.3 is 35.7 Å². The molecule has 1 fully saturated rings. The summed E-state index contributed by atoms with van der Waals surface area (Å²) in [6.45, 7) is 0.766. The van der Waals surface area contributed by atoms with Gasteiger partial charge in [-0.05, 0) is 43.0 Å². The second kappa shape index (κ2) is 14.8. The van der Waals surface area contributed by atoms with Gasteiger partial charge in [-0.3, -0.25) is 19.2 Å². The van der Waals surface area contributed by atoms with Gasteiger partial charge in [0.15, 0.2) is 17.3 Å².